The van der Waals surface area contributed by atoms with Crippen molar-refractivity contribution in [3.63, 3.8) is 0 Å². The molecule has 4 aromatic rings. The van der Waals surface area contributed by atoms with Crippen LogP contribution in [0.5, 0.6) is 0 Å². The molecular formula is C24H22N4O2S. The minimum absolute atomic E-state index is 0.202. The minimum atomic E-state index is -0.202. The molecule has 7 heteroatoms. The molecule has 156 valence electrons. The molecule has 0 saturated carbocycles. The molecule has 0 radical (unpaired) electrons. The number of aryl methyl sites for hydroxylation is 1. The number of pyridine rings is 1. The Bertz CT molecular complexity index is 1250. The van der Waals surface area contributed by atoms with E-state index in [1.807, 2.05) is 36.6 Å². The van der Waals surface area contributed by atoms with E-state index in [2.05, 4.69) is 39.5 Å². The zero-order valence-electron chi connectivity index (χ0n) is 17.2. The fraction of sp³-hybridized carbons (Fsp3) is 0.208. The van der Waals surface area contributed by atoms with Crippen LogP contribution in [-0.4, -0.2) is 42.2 Å². The van der Waals surface area contributed by atoms with Crippen molar-refractivity contribution in [2.75, 3.05) is 36.5 Å². The van der Waals surface area contributed by atoms with Gasteiger partial charge in [0.05, 0.1) is 35.7 Å². The number of hydrogen-bond acceptors (Lipinski definition) is 6. The van der Waals surface area contributed by atoms with Crippen molar-refractivity contribution in [2.45, 2.75) is 6.92 Å². The second-order valence-corrected chi connectivity index (χ2v) is 8.33. The molecule has 1 aliphatic heterocycles. The average molecular weight is 431 g/mol. The number of nitrogens with one attached hydrogen (secondary N) is 1. The van der Waals surface area contributed by atoms with E-state index in [0.717, 1.165) is 54.3 Å². The number of nitrogens with zero attached hydrogens (tertiary/aromatic N) is 3. The Balaban J connectivity index is 1.49. The van der Waals surface area contributed by atoms with Crippen molar-refractivity contribution >= 4 is 39.0 Å². The molecule has 0 aliphatic carbocycles. The van der Waals surface area contributed by atoms with Crippen LogP contribution in [0, 0.1) is 6.92 Å². The molecule has 1 amide bonds. The molecule has 3 heterocycles. The second-order valence-electron chi connectivity index (χ2n) is 7.47. The number of thiazole rings is 1. The Labute approximate surface area is 184 Å². The zero-order chi connectivity index (χ0) is 21.2. The summed E-state index contributed by atoms with van der Waals surface area (Å²) in [5.41, 5.74) is 5.13. The van der Waals surface area contributed by atoms with E-state index in [4.69, 9.17) is 9.72 Å². The maximum absolute atomic E-state index is 12.9. The van der Waals surface area contributed by atoms with Crippen LogP contribution in [0.4, 0.5) is 10.8 Å². The lowest BCUT2D eigenvalue weighted by Gasteiger charge is -2.29. The Morgan fingerprint density at radius 3 is 2.71 bits per heavy atom. The van der Waals surface area contributed by atoms with Crippen molar-refractivity contribution < 1.29 is 9.53 Å². The summed E-state index contributed by atoms with van der Waals surface area (Å²) in [6, 6.07) is 18.1. The molecule has 0 spiro atoms. The van der Waals surface area contributed by atoms with Gasteiger partial charge in [-0.15, -0.1) is 11.3 Å². The molecule has 0 unspecified atom stereocenters. The number of para-hydroxylation sites is 1. The number of morpholine rings is 1. The number of benzene rings is 2. The number of hydrogen-bond donors (Lipinski definition) is 1. The molecule has 2 aromatic heterocycles. The normalized spacial score (nSPS) is 14.0. The van der Waals surface area contributed by atoms with E-state index >= 15 is 0 Å². The fourth-order valence-corrected chi connectivity index (χ4v) is 4.43. The van der Waals surface area contributed by atoms with Gasteiger partial charge in [0.15, 0.2) is 5.13 Å². The third kappa shape index (κ3) is 4.15. The van der Waals surface area contributed by atoms with Crippen molar-refractivity contribution in [2.24, 2.45) is 0 Å². The van der Waals surface area contributed by atoms with Crippen LogP contribution < -0.4 is 10.2 Å². The van der Waals surface area contributed by atoms with E-state index < -0.39 is 0 Å². The summed E-state index contributed by atoms with van der Waals surface area (Å²) in [7, 11) is 0. The van der Waals surface area contributed by atoms with Crippen LogP contribution in [0.1, 0.15) is 16.1 Å². The summed E-state index contributed by atoms with van der Waals surface area (Å²) in [6.07, 6.45) is 0. The lowest BCUT2D eigenvalue weighted by atomic mass is 10.1. The van der Waals surface area contributed by atoms with E-state index in [0.29, 0.717) is 16.2 Å². The smallest absolute Gasteiger partial charge is 0.259 e. The van der Waals surface area contributed by atoms with Gasteiger partial charge in [-0.05, 0) is 31.2 Å². The Hall–Kier alpha value is -3.29. The summed E-state index contributed by atoms with van der Waals surface area (Å²) in [4.78, 5) is 24.5. The van der Waals surface area contributed by atoms with E-state index in [1.54, 1.807) is 6.07 Å². The van der Waals surface area contributed by atoms with Crippen LogP contribution in [0.15, 0.2) is 60.0 Å². The third-order valence-corrected chi connectivity index (χ3v) is 6.20. The Morgan fingerprint density at radius 2 is 1.90 bits per heavy atom. The molecule has 0 bridgehead atoms. The summed E-state index contributed by atoms with van der Waals surface area (Å²) in [5, 5.41) is 6.32. The lowest BCUT2D eigenvalue weighted by molar-refractivity contribution is 0.102. The van der Waals surface area contributed by atoms with E-state index in [1.165, 1.54) is 11.3 Å². The Kier molecular flexibility index (Phi) is 5.36. The first-order valence-electron chi connectivity index (χ1n) is 10.2. The highest BCUT2D eigenvalue weighted by Gasteiger charge is 2.15. The highest BCUT2D eigenvalue weighted by Crippen LogP contribution is 2.27. The van der Waals surface area contributed by atoms with Gasteiger partial charge in [-0.3, -0.25) is 10.1 Å². The molecule has 6 nitrogen and oxygen atoms in total. The molecule has 1 aliphatic rings. The van der Waals surface area contributed by atoms with Crippen LogP contribution in [0.3, 0.4) is 0 Å². The van der Waals surface area contributed by atoms with Gasteiger partial charge in [-0.2, -0.15) is 0 Å². The molecular weight excluding hydrogens is 408 g/mol. The number of carbonyl (C=O) groups is 1. The molecule has 2 aromatic carbocycles. The lowest BCUT2D eigenvalue weighted by Crippen LogP contribution is -2.36. The average Bonchev–Trinajstić information content (AvgIpc) is 3.23. The molecule has 1 saturated heterocycles. The third-order valence-electron chi connectivity index (χ3n) is 5.32. The minimum Gasteiger partial charge on any atom is -0.378 e. The number of aromatic nitrogens is 2. The van der Waals surface area contributed by atoms with Crippen molar-refractivity contribution in [3.8, 4) is 11.3 Å². The number of ether oxygens (including phenoxy) is 1. The quantitative estimate of drug-likeness (QED) is 0.506. The number of carbonyl (C=O) groups excluding carboxylic acids is 1. The van der Waals surface area contributed by atoms with Crippen molar-refractivity contribution in [3.05, 3.63) is 71.2 Å². The van der Waals surface area contributed by atoms with Gasteiger partial charge in [-0.25, -0.2) is 9.97 Å². The van der Waals surface area contributed by atoms with Crippen molar-refractivity contribution in [1.82, 2.24) is 9.97 Å². The molecule has 0 atom stereocenters. The van der Waals surface area contributed by atoms with Gasteiger partial charge < -0.3 is 9.64 Å². The number of amides is 1. The van der Waals surface area contributed by atoms with E-state index in [9.17, 15) is 4.79 Å². The largest absolute Gasteiger partial charge is 0.378 e. The Morgan fingerprint density at radius 1 is 1.06 bits per heavy atom. The predicted octanol–water partition coefficient (Wildman–Crippen LogP) is 4.76. The predicted molar refractivity (Wildman–Crippen MR) is 125 cm³/mol. The maximum atomic E-state index is 12.9. The molecule has 5 rings (SSSR count). The summed E-state index contributed by atoms with van der Waals surface area (Å²) in [6.45, 7) is 5.17. The molecule has 1 N–H and O–H groups in total. The number of fused-ring (bicyclic) bond motifs is 1. The summed E-state index contributed by atoms with van der Waals surface area (Å²) in [5.74, 6) is -0.202. The monoisotopic (exact) mass is 430 g/mol. The first kappa shape index (κ1) is 19.7. The summed E-state index contributed by atoms with van der Waals surface area (Å²) >= 11 is 1.42. The van der Waals surface area contributed by atoms with Crippen LogP contribution in [0.25, 0.3) is 22.2 Å². The van der Waals surface area contributed by atoms with Gasteiger partial charge >= 0.3 is 0 Å². The highest BCUT2D eigenvalue weighted by atomic mass is 32.1. The number of anilines is 2. The molecule has 1 fully saturated rings. The maximum Gasteiger partial charge on any atom is 0.259 e. The standard InChI is InChI=1S/C24H22N4O2S/c1-16-15-31-24(25-16)27-23(29)20-7-3-4-17-8-9-21(26-22(17)20)18-5-2-6-19(14-18)28-10-12-30-13-11-28/h2-9,14-15H,10-13H2,1H3,(H,25,27,29). The first-order valence-corrected chi connectivity index (χ1v) is 11.1. The topological polar surface area (TPSA) is 67.4 Å². The first-order chi connectivity index (χ1) is 15.2. The van der Waals surface area contributed by atoms with Gasteiger partial charge in [0, 0.05) is 35.1 Å². The van der Waals surface area contributed by atoms with Gasteiger partial charge in [-0.1, -0.05) is 30.3 Å². The molecule has 31 heavy (non-hydrogen) atoms. The second kappa shape index (κ2) is 8.45. The van der Waals surface area contributed by atoms with Gasteiger partial charge in [0.1, 0.15) is 0 Å². The zero-order valence-corrected chi connectivity index (χ0v) is 18.0. The van der Waals surface area contributed by atoms with Crippen LogP contribution in [-0.2, 0) is 4.74 Å². The van der Waals surface area contributed by atoms with Gasteiger partial charge in [0.2, 0.25) is 0 Å². The number of rotatable bonds is 4. The fourth-order valence-electron chi connectivity index (χ4n) is 3.75. The van der Waals surface area contributed by atoms with Gasteiger partial charge in [0.25, 0.3) is 5.91 Å². The van der Waals surface area contributed by atoms with Crippen molar-refractivity contribution in [1.29, 1.82) is 0 Å². The highest BCUT2D eigenvalue weighted by molar-refractivity contribution is 7.13. The SMILES string of the molecule is Cc1csc(NC(=O)c2cccc3ccc(-c4cccc(N5CCOCC5)c4)nc23)n1. The van der Waals surface area contributed by atoms with E-state index in [-0.39, 0.29) is 5.91 Å². The van der Waals surface area contributed by atoms with Crippen LogP contribution in [0.2, 0.25) is 0 Å². The van der Waals surface area contributed by atoms with Crippen LogP contribution >= 0.6 is 11.3 Å². The summed E-state index contributed by atoms with van der Waals surface area (Å²) < 4.78 is 5.47.